The van der Waals surface area contributed by atoms with Gasteiger partial charge < -0.3 is 5.11 Å². The van der Waals surface area contributed by atoms with Crippen LogP contribution in [-0.4, -0.2) is 10.1 Å². The van der Waals surface area contributed by atoms with Gasteiger partial charge in [-0.1, -0.05) is 20.8 Å². The molecule has 0 unspecified atom stereocenters. The summed E-state index contributed by atoms with van der Waals surface area (Å²) < 4.78 is 13.1. The van der Waals surface area contributed by atoms with Crippen LogP contribution in [0.3, 0.4) is 0 Å². The Hall–Kier alpha value is -1.64. The smallest absolute Gasteiger partial charge is 0.137 e. The molecule has 0 saturated carbocycles. The first-order valence-corrected chi connectivity index (χ1v) is 5.63. The lowest BCUT2D eigenvalue weighted by molar-refractivity contribution is 0.389. The summed E-state index contributed by atoms with van der Waals surface area (Å²) in [6, 6.07) is 6.02. The third-order valence-electron chi connectivity index (χ3n) is 2.53. The van der Waals surface area contributed by atoms with Crippen LogP contribution in [0.5, 0.6) is 5.75 Å². The molecule has 0 bridgehead atoms. The first-order chi connectivity index (χ1) is 7.85. The Morgan fingerprint density at radius 3 is 2.59 bits per heavy atom. The molecule has 0 amide bonds. The number of aromatic hydroxyl groups is 1. The maximum absolute atomic E-state index is 13.1. The number of hydrogen-bond acceptors (Lipinski definition) is 2. The standard InChI is InChI=1S/C14H16FNO/c1-14(2,3)8-12-13(17)6-9-4-5-10(15)7-11(9)16-12/h4-7,17H,8H2,1-3H3. The van der Waals surface area contributed by atoms with Crippen LogP contribution in [-0.2, 0) is 6.42 Å². The van der Waals surface area contributed by atoms with Crippen LogP contribution in [0.2, 0.25) is 0 Å². The van der Waals surface area contributed by atoms with Gasteiger partial charge in [0.05, 0.1) is 11.2 Å². The number of hydrogen-bond donors (Lipinski definition) is 1. The SMILES string of the molecule is CC(C)(C)Cc1nc2cc(F)ccc2cc1O. The van der Waals surface area contributed by atoms with E-state index in [9.17, 15) is 9.50 Å². The van der Waals surface area contributed by atoms with Gasteiger partial charge in [0.25, 0.3) is 0 Å². The van der Waals surface area contributed by atoms with Crippen LogP contribution in [0.25, 0.3) is 10.9 Å². The lowest BCUT2D eigenvalue weighted by atomic mass is 9.90. The Morgan fingerprint density at radius 2 is 1.94 bits per heavy atom. The first-order valence-electron chi connectivity index (χ1n) is 5.63. The molecule has 0 radical (unpaired) electrons. The number of fused-ring (bicyclic) bond motifs is 1. The second-order valence-electron chi connectivity index (χ2n) is 5.53. The number of nitrogens with zero attached hydrogens (tertiary/aromatic N) is 1. The van der Waals surface area contributed by atoms with E-state index >= 15 is 0 Å². The Balaban J connectivity index is 2.53. The molecule has 2 nitrogen and oxygen atoms in total. The van der Waals surface area contributed by atoms with Crippen LogP contribution < -0.4 is 0 Å². The van der Waals surface area contributed by atoms with Crippen LogP contribution >= 0.6 is 0 Å². The van der Waals surface area contributed by atoms with E-state index in [-0.39, 0.29) is 17.0 Å². The molecule has 1 heterocycles. The molecule has 3 heteroatoms. The van der Waals surface area contributed by atoms with Crippen molar-refractivity contribution in [2.45, 2.75) is 27.2 Å². The van der Waals surface area contributed by atoms with Crippen molar-refractivity contribution in [3.8, 4) is 5.75 Å². The van der Waals surface area contributed by atoms with E-state index in [0.29, 0.717) is 17.6 Å². The third-order valence-corrected chi connectivity index (χ3v) is 2.53. The molecular weight excluding hydrogens is 217 g/mol. The van der Waals surface area contributed by atoms with Gasteiger partial charge in [0.15, 0.2) is 0 Å². The van der Waals surface area contributed by atoms with E-state index in [1.54, 1.807) is 12.1 Å². The summed E-state index contributed by atoms with van der Waals surface area (Å²) in [6.07, 6.45) is 0.658. The maximum atomic E-state index is 13.1. The predicted octanol–water partition coefficient (Wildman–Crippen LogP) is 3.67. The quantitative estimate of drug-likeness (QED) is 0.815. The summed E-state index contributed by atoms with van der Waals surface area (Å²) in [6.45, 7) is 6.22. The van der Waals surface area contributed by atoms with Crippen molar-refractivity contribution in [1.82, 2.24) is 4.98 Å². The Labute approximate surface area is 100 Å². The van der Waals surface area contributed by atoms with Crippen LogP contribution in [0, 0.1) is 11.2 Å². The van der Waals surface area contributed by atoms with Crippen molar-refractivity contribution >= 4 is 10.9 Å². The molecular formula is C14H16FNO. The fourth-order valence-electron chi connectivity index (χ4n) is 1.80. The van der Waals surface area contributed by atoms with Crippen molar-refractivity contribution in [1.29, 1.82) is 0 Å². The average molecular weight is 233 g/mol. The van der Waals surface area contributed by atoms with E-state index in [4.69, 9.17) is 0 Å². The highest BCUT2D eigenvalue weighted by molar-refractivity contribution is 5.80. The fourth-order valence-corrected chi connectivity index (χ4v) is 1.80. The highest BCUT2D eigenvalue weighted by Gasteiger charge is 2.16. The first kappa shape index (κ1) is 11.8. The number of halogens is 1. The van der Waals surface area contributed by atoms with E-state index in [1.807, 2.05) is 0 Å². The van der Waals surface area contributed by atoms with Gasteiger partial charge in [0.1, 0.15) is 11.6 Å². The van der Waals surface area contributed by atoms with E-state index in [2.05, 4.69) is 25.8 Å². The molecule has 1 aromatic carbocycles. The number of rotatable bonds is 1. The number of benzene rings is 1. The molecule has 0 aliphatic heterocycles. The summed E-state index contributed by atoms with van der Waals surface area (Å²) in [4.78, 5) is 4.33. The minimum Gasteiger partial charge on any atom is -0.506 e. The Morgan fingerprint density at radius 1 is 1.24 bits per heavy atom. The van der Waals surface area contributed by atoms with Crippen molar-refractivity contribution in [2.75, 3.05) is 0 Å². The zero-order valence-corrected chi connectivity index (χ0v) is 10.3. The highest BCUT2D eigenvalue weighted by atomic mass is 19.1. The third kappa shape index (κ3) is 2.73. The number of aromatic nitrogens is 1. The van der Waals surface area contributed by atoms with Crippen molar-refractivity contribution in [3.05, 3.63) is 35.8 Å². The van der Waals surface area contributed by atoms with Crippen LogP contribution in [0.1, 0.15) is 26.5 Å². The summed E-state index contributed by atoms with van der Waals surface area (Å²) in [5.41, 5.74) is 1.24. The van der Waals surface area contributed by atoms with E-state index in [0.717, 1.165) is 5.39 Å². The lowest BCUT2D eigenvalue weighted by Crippen LogP contribution is -2.10. The fraction of sp³-hybridized carbons (Fsp3) is 0.357. The van der Waals surface area contributed by atoms with Crippen molar-refractivity contribution < 1.29 is 9.50 Å². The topological polar surface area (TPSA) is 33.1 Å². The molecule has 2 rings (SSSR count). The monoisotopic (exact) mass is 233 g/mol. The number of pyridine rings is 1. The van der Waals surface area contributed by atoms with Gasteiger partial charge in [-0.3, -0.25) is 0 Å². The van der Waals surface area contributed by atoms with Gasteiger partial charge in [-0.2, -0.15) is 0 Å². The van der Waals surface area contributed by atoms with Crippen molar-refractivity contribution in [3.63, 3.8) is 0 Å². The van der Waals surface area contributed by atoms with Gasteiger partial charge >= 0.3 is 0 Å². The zero-order chi connectivity index (χ0) is 12.6. The Bertz CT molecular complexity index is 558. The molecule has 0 spiro atoms. The van der Waals surface area contributed by atoms with E-state index < -0.39 is 0 Å². The molecule has 1 N–H and O–H groups in total. The molecule has 2 aromatic rings. The summed E-state index contributed by atoms with van der Waals surface area (Å²) in [5.74, 6) is -0.128. The molecule has 17 heavy (non-hydrogen) atoms. The second-order valence-corrected chi connectivity index (χ2v) is 5.53. The zero-order valence-electron chi connectivity index (χ0n) is 10.3. The minimum atomic E-state index is -0.308. The Kier molecular flexibility index (Phi) is 2.77. The van der Waals surface area contributed by atoms with Gasteiger partial charge in [-0.25, -0.2) is 9.37 Å². The van der Waals surface area contributed by atoms with Gasteiger partial charge in [0.2, 0.25) is 0 Å². The molecule has 0 atom stereocenters. The van der Waals surface area contributed by atoms with Crippen molar-refractivity contribution in [2.24, 2.45) is 5.41 Å². The molecule has 0 aliphatic carbocycles. The van der Waals surface area contributed by atoms with Crippen LogP contribution in [0.15, 0.2) is 24.3 Å². The normalized spacial score (nSPS) is 12.0. The van der Waals surface area contributed by atoms with Crippen LogP contribution in [0.4, 0.5) is 4.39 Å². The highest BCUT2D eigenvalue weighted by Crippen LogP contribution is 2.28. The maximum Gasteiger partial charge on any atom is 0.137 e. The summed E-state index contributed by atoms with van der Waals surface area (Å²) in [7, 11) is 0. The molecule has 0 aliphatic rings. The minimum absolute atomic E-state index is 0.0332. The molecule has 0 saturated heterocycles. The van der Waals surface area contributed by atoms with Gasteiger partial charge in [0, 0.05) is 11.5 Å². The molecule has 0 fully saturated rings. The second kappa shape index (κ2) is 3.99. The summed E-state index contributed by atoms with van der Waals surface area (Å²) >= 11 is 0. The van der Waals surface area contributed by atoms with Gasteiger partial charge in [-0.15, -0.1) is 0 Å². The van der Waals surface area contributed by atoms with Gasteiger partial charge in [-0.05, 0) is 30.0 Å². The largest absolute Gasteiger partial charge is 0.506 e. The van der Waals surface area contributed by atoms with E-state index in [1.165, 1.54) is 12.1 Å². The lowest BCUT2D eigenvalue weighted by Gasteiger charge is -2.18. The predicted molar refractivity (Wildman–Crippen MR) is 66.5 cm³/mol. The molecule has 1 aromatic heterocycles. The molecule has 90 valence electrons. The average Bonchev–Trinajstić information content (AvgIpc) is 2.17. The summed E-state index contributed by atoms with van der Waals surface area (Å²) in [5, 5.41) is 10.6.